The first-order chi connectivity index (χ1) is 22.8. The maximum absolute atomic E-state index is 2.28. The molecule has 0 atom stereocenters. The summed E-state index contributed by atoms with van der Waals surface area (Å²) < 4.78 is 2.26. The Morgan fingerprint density at radius 2 is 0.543 bits per heavy atom. The second-order valence-electron chi connectivity index (χ2n) is 11.0. The topological polar surface area (TPSA) is 9.49 Å². The van der Waals surface area contributed by atoms with E-state index < -0.39 is 0 Å². The quantitative estimate of drug-likeness (QED) is 0.122. The molecule has 7 aromatic rings. The number of rotatable bonds is 9. The predicted octanol–water partition coefficient (Wildman–Crippen LogP) is 11.6. The smallest absolute Gasteiger partial charge is 0.211 e. The molecule has 0 saturated heterocycles. The van der Waals surface area contributed by atoms with Crippen molar-refractivity contribution >= 4 is 51.7 Å². The van der Waals surface area contributed by atoms with Crippen molar-refractivity contribution < 1.29 is 0 Å². The number of hydrogen-bond donors (Lipinski definition) is 0. The lowest BCUT2D eigenvalue weighted by molar-refractivity contribution is 1.09. The normalized spacial score (nSPS) is 10.6. The van der Waals surface area contributed by atoms with Gasteiger partial charge in [0.05, 0.1) is 0 Å². The fraction of sp³-hybridized carbons (Fsp3) is 0. The van der Waals surface area contributed by atoms with E-state index in [1.165, 1.54) is 0 Å². The second kappa shape index (κ2) is 13.6. The lowest BCUT2D eigenvalue weighted by Gasteiger charge is -2.25. The van der Waals surface area contributed by atoms with E-state index in [1.807, 2.05) is 0 Å². The van der Waals surface area contributed by atoms with Crippen LogP contribution in [0.15, 0.2) is 200 Å². The van der Waals surface area contributed by atoms with Gasteiger partial charge < -0.3 is 9.80 Å². The SMILES string of the molecule is C(c1ccccc1)=[N+](c1ccc(N(c2ccccc2)c2ccccc2)cc1)c1ccc(N(c2ccccc2)c2ccccc2)cc1. The molecule has 220 valence electrons. The summed E-state index contributed by atoms with van der Waals surface area (Å²) in [5, 5.41) is 0. The van der Waals surface area contributed by atoms with Crippen LogP contribution in [0, 0.1) is 0 Å². The van der Waals surface area contributed by atoms with Crippen molar-refractivity contribution in [3.63, 3.8) is 0 Å². The molecular weight excluding hydrogens is 558 g/mol. The monoisotopic (exact) mass is 592 g/mol. The van der Waals surface area contributed by atoms with E-state index in [1.54, 1.807) is 0 Å². The number of para-hydroxylation sites is 4. The third-order valence-corrected chi connectivity index (χ3v) is 7.91. The minimum atomic E-state index is 1.07. The largest absolute Gasteiger partial charge is 0.310 e. The standard InChI is InChI=1S/C43H34N3/c1-6-16-35(17-7-1)34-44(36-26-30-42(31-27-36)45(38-18-8-2-9-19-38)39-20-10-3-11-21-39)37-28-32-43(33-29-37)46(40-22-12-4-13-23-40)41-24-14-5-15-25-41/h1-34H/q+1. The molecule has 46 heavy (non-hydrogen) atoms. The van der Waals surface area contributed by atoms with Gasteiger partial charge in [0, 0.05) is 64.0 Å². The van der Waals surface area contributed by atoms with Gasteiger partial charge in [0.2, 0.25) is 11.4 Å². The Hall–Kier alpha value is -6.19. The van der Waals surface area contributed by atoms with Crippen molar-refractivity contribution in [2.45, 2.75) is 0 Å². The molecule has 0 heterocycles. The molecule has 0 fully saturated rings. The predicted molar refractivity (Wildman–Crippen MR) is 195 cm³/mol. The molecule has 7 rings (SSSR count). The average molecular weight is 593 g/mol. The highest BCUT2D eigenvalue weighted by Gasteiger charge is 2.19. The first kappa shape index (κ1) is 28.6. The van der Waals surface area contributed by atoms with Crippen molar-refractivity contribution in [2.24, 2.45) is 0 Å². The van der Waals surface area contributed by atoms with Gasteiger partial charge >= 0.3 is 0 Å². The maximum Gasteiger partial charge on any atom is 0.211 e. The molecule has 7 aromatic carbocycles. The molecule has 3 heteroatoms. The molecule has 3 nitrogen and oxygen atoms in total. The summed E-state index contributed by atoms with van der Waals surface area (Å²) in [5.74, 6) is 0. The molecule has 0 saturated carbocycles. The molecule has 0 bridgehead atoms. The molecule has 0 amide bonds. The van der Waals surface area contributed by atoms with Gasteiger partial charge in [0.25, 0.3) is 0 Å². The summed E-state index contributed by atoms with van der Waals surface area (Å²) >= 11 is 0. The number of hydrogen-bond acceptors (Lipinski definition) is 2. The second-order valence-corrected chi connectivity index (χ2v) is 11.0. The first-order valence-electron chi connectivity index (χ1n) is 15.5. The van der Waals surface area contributed by atoms with Crippen LogP contribution in [0.3, 0.4) is 0 Å². The van der Waals surface area contributed by atoms with Gasteiger partial charge in [-0.25, -0.2) is 0 Å². The Labute approximate surface area is 271 Å². The maximum atomic E-state index is 2.28. The van der Waals surface area contributed by atoms with Gasteiger partial charge in [-0.2, -0.15) is 4.58 Å². The summed E-state index contributed by atoms with van der Waals surface area (Å²) in [7, 11) is 0. The van der Waals surface area contributed by atoms with Crippen molar-refractivity contribution in [2.75, 3.05) is 9.80 Å². The highest BCUT2D eigenvalue weighted by molar-refractivity contribution is 5.87. The van der Waals surface area contributed by atoms with Gasteiger partial charge in [-0.1, -0.05) is 91.0 Å². The van der Waals surface area contributed by atoms with Crippen LogP contribution in [0.25, 0.3) is 0 Å². The van der Waals surface area contributed by atoms with E-state index in [0.717, 1.165) is 51.1 Å². The molecule has 0 N–H and O–H groups in total. The highest BCUT2D eigenvalue weighted by Crippen LogP contribution is 2.37. The minimum Gasteiger partial charge on any atom is -0.310 e. The molecule has 0 unspecified atom stereocenters. The molecule has 0 spiro atoms. The van der Waals surface area contributed by atoms with Crippen LogP contribution in [0.1, 0.15) is 5.56 Å². The van der Waals surface area contributed by atoms with Crippen LogP contribution in [0.5, 0.6) is 0 Å². The van der Waals surface area contributed by atoms with Gasteiger partial charge in [-0.15, -0.1) is 0 Å². The van der Waals surface area contributed by atoms with E-state index in [4.69, 9.17) is 0 Å². The molecule has 0 aromatic heterocycles. The zero-order valence-corrected chi connectivity index (χ0v) is 25.5. The summed E-state index contributed by atoms with van der Waals surface area (Å²) in [6.07, 6.45) is 2.20. The fourth-order valence-corrected chi connectivity index (χ4v) is 5.71. The van der Waals surface area contributed by atoms with Crippen LogP contribution in [-0.4, -0.2) is 6.21 Å². The Morgan fingerprint density at radius 3 is 0.848 bits per heavy atom. The zero-order chi connectivity index (χ0) is 31.0. The van der Waals surface area contributed by atoms with E-state index in [-0.39, 0.29) is 0 Å². The minimum absolute atomic E-state index is 1.07. The Bertz CT molecular complexity index is 1780. The van der Waals surface area contributed by atoms with E-state index in [2.05, 4.69) is 221 Å². The third kappa shape index (κ3) is 6.35. The lowest BCUT2D eigenvalue weighted by atomic mass is 10.1. The van der Waals surface area contributed by atoms with E-state index in [9.17, 15) is 0 Å². The Balaban J connectivity index is 1.27. The summed E-state index contributed by atoms with van der Waals surface area (Å²) in [6, 6.07) is 70.0. The van der Waals surface area contributed by atoms with Crippen molar-refractivity contribution in [1.82, 2.24) is 4.58 Å². The first-order valence-corrected chi connectivity index (χ1v) is 15.5. The summed E-state index contributed by atoms with van der Waals surface area (Å²) in [6.45, 7) is 0. The van der Waals surface area contributed by atoms with Crippen molar-refractivity contribution in [3.05, 3.63) is 206 Å². The van der Waals surface area contributed by atoms with Crippen LogP contribution >= 0.6 is 0 Å². The molecule has 0 aliphatic heterocycles. The summed E-state index contributed by atoms with van der Waals surface area (Å²) in [4.78, 5) is 4.57. The van der Waals surface area contributed by atoms with Crippen LogP contribution in [0.2, 0.25) is 0 Å². The van der Waals surface area contributed by atoms with E-state index >= 15 is 0 Å². The molecule has 0 aliphatic rings. The Morgan fingerprint density at radius 1 is 0.283 bits per heavy atom. The highest BCUT2D eigenvalue weighted by atomic mass is 15.1. The summed E-state index contributed by atoms with van der Waals surface area (Å²) in [5.41, 5.74) is 9.93. The van der Waals surface area contributed by atoms with Crippen molar-refractivity contribution in [1.29, 1.82) is 0 Å². The van der Waals surface area contributed by atoms with Gasteiger partial charge in [0.15, 0.2) is 6.21 Å². The number of benzene rings is 7. The van der Waals surface area contributed by atoms with Crippen LogP contribution in [0.4, 0.5) is 45.5 Å². The van der Waals surface area contributed by atoms with Crippen LogP contribution in [-0.2, 0) is 0 Å². The van der Waals surface area contributed by atoms with Crippen molar-refractivity contribution in [3.8, 4) is 0 Å². The number of nitrogens with zero attached hydrogens (tertiary/aromatic N) is 3. The van der Waals surface area contributed by atoms with Gasteiger partial charge in [-0.3, -0.25) is 0 Å². The molecule has 0 aliphatic carbocycles. The van der Waals surface area contributed by atoms with Gasteiger partial charge in [0.1, 0.15) is 0 Å². The number of anilines is 6. The molecule has 0 radical (unpaired) electrons. The fourth-order valence-electron chi connectivity index (χ4n) is 5.71. The lowest BCUT2D eigenvalue weighted by Crippen LogP contribution is -2.11. The third-order valence-electron chi connectivity index (χ3n) is 7.91. The average Bonchev–Trinajstić information content (AvgIpc) is 3.14. The van der Waals surface area contributed by atoms with Gasteiger partial charge in [-0.05, 0) is 84.9 Å². The zero-order valence-electron chi connectivity index (χ0n) is 25.5. The Kier molecular flexibility index (Phi) is 8.46. The van der Waals surface area contributed by atoms with E-state index in [0.29, 0.717) is 0 Å². The van der Waals surface area contributed by atoms with Crippen LogP contribution < -0.4 is 14.4 Å². The molecular formula is C43H34N3+.